The number of nitrogens with one attached hydrogen (secondary N) is 1. The van der Waals surface area contributed by atoms with Gasteiger partial charge in [0.15, 0.2) is 5.82 Å². The van der Waals surface area contributed by atoms with Crippen LogP contribution in [-0.4, -0.2) is 25.7 Å². The predicted octanol–water partition coefficient (Wildman–Crippen LogP) is 2.98. The van der Waals surface area contributed by atoms with Gasteiger partial charge in [-0.15, -0.1) is 21.5 Å². The van der Waals surface area contributed by atoms with Crippen LogP contribution in [0, 0.1) is 0 Å². The molecular formula is C19H21N5OS. The molecule has 0 radical (unpaired) electrons. The van der Waals surface area contributed by atoms with Crippen molar-refractivity contribution in [3.05, 3.63) is 63.6 Å². The first-order chi connectivity index (χ1) is 12.8. The summed E-state index contributed by atoms with van der Waals surface area (Å²) in [7, 11) is 0. The van der Waals surface area contributed by atoms with Crippen LogP contribution in [0.15, 0.2) is 35.7 Å². The zero-order valence-electron chi connectivity index (χ0n) is 14.5. The minimum atomic E-state index is -0.161. The van der Waals surface area contributed by atoms with Crippen LogP contribution in [0.3, 0.4) is 0 Å². The third-order valence-corrected chi connectivity index (χ3v) is 5.42. The van der Waals surface area contributed by atoms with Crippen LogP contribution in [0.2, 0.25) is 0 Å². The molecule has 1 aromatic carbocycles. The number of hydrogen-bond acceptors (Lipinski definition) is 5. The van der Waals surface area contributed by atoms with Gasteiger partial charge < -0.3 is 9.88 Å². The van der Waals surface area contributed by atoms with E-state index in [9.17, 15) is 4.79 Å². The van der Waals surface area contributed by atoms with Crippen molar-refractivity contribution in [3.63, 3.8) is 0 Å². The molecule has 3 aromatic rings. The average molecular weight is 367 g/mol. The van der Waals surface area contributed by atoms with E-state index in [4.69, 9.17) is 0 Å². The van der Waals surface area contributed by atoms with Gasteiger partial charge in [-0.25, -0.2) is 4.98 Å². The molecule has 0 saturated heterocycles. The summed E-state index contributed by atoms with van der Waals surface area (Å²) in [5, 5.41) is 14.2. The molecule has 3 heterocycles. The van der Waals surface area contributed by atoms with Crippen LogP contribution < -0.4 is 5.32 Å². The molecule has 1 N–H and O–H groups in total. The lowest BCUT2D eigenvalue weighted by Crippen LogP contribution is -2.25. The Kier molecular flexibility index (Phi) is 5.06. The number of aryl methyl sites for hydroxylation is 1. The van der Waals surface area contributed by atoms with Crippen molar-refractivity contribution < 1.29 is 4.79 Å². The summed E-state index contributed by atoms with van der Waals surface area (Å²) >= 11 is 1.52. The summed E-state index contributed by atoms with van der Waals surface area (Å²) in [4.78, 5) is 16.9. The molecule has 4 rings (SSSR count). The van der Waals surface area contributed by atoms with Crippen LogP contribution in [0.25, 0.3) is 0 Å². The molecular weight excluding hydrogens is 346 g/mol. The summed E-state index contributed by atoms with van der Waals surface area (Å²) in [5.74, 6) is 1.70. The number of amides is 1. The Balaban J connectivity index is 1.38. The van der Waals surface area contributed by atoms with E-state index >= 15 is 0 Å². The zero-order valence-corrected chi connectivity index (χ0v) is 15.3. The lowest BCUT2D eigenvalue weighted by atomic mass is 10.2. The highest BCUT2D eigenvalue weighted by Crippen LogP contribution is 2.16. The Morgan fingerprint density at radius 3 is 2.92 bits per heavy atom. The third-order valence-electron chi connectivity index (χ3n) is 4.58. The minimum Gasteiger partial charge on any atom is -0.343 e. The normalized spacial score (nSPS) is 13.8. The average Bonchev–Trinajstić information content (AvgIpc) is 3.21. The van der Waals surface area contributed by atoms with Gasteiger partial charge in [-0.1, -0.05) is 36.8 Å². The number of rotatable bonds is 5. The molecule has 0 fully saturated rings. The van der Waals surface area contributed by atoms with Crippen LogP contribution in [0.5, 0.6) is 0 Å². The van der Waals surface area contributed by atoms with Crippen molar-refractivity contribution in [3.8, 4) is 0 Å². The number of aromatic nitrogens is 4. The van der Waals surface area contributed by atoms with E-state index in [1.54, 1.807) is 0 Å². The van der Waals surface area contributed by atoms with Gasteiger partial charge in [0.25, 0.3) is 5.91 Å². The number of benzene rings is 1. The maximum Gasteiger partial charge on any atom is 0.271 e. The quantitative estimate of drug-likeness (QED) is 0.752. The predicted molar refractivity (Wildman–Crippen MR) is 100 cm³/mol. The summed E-state index contributed by atoms with van der Waals surface area (Å²) in [6.07, 6.45) is 5.24. The van der Waals surface area contributed by atoms with Crippen LogP contribution in [0.1, 0.15) is 52.0 Å². The molecule has 2 aromatic heterocycles. The second-order valence-corrected chi connectivity index (χ2v) is 7.41. The second kappa shape index (κ2) is 7.78. The fraction of sp³-hybridized carbons (Fsp3) is 0.368. The summed E-state index contributed by atoms with van der Waals surface area (Å²) in [5.41, 5.74) is 1.66. The largest absolute Gasteiger partial charge is 0.343 e. The van der Waals surface area contributed by atoms with Gasteiger partial charge in [0.2, 0.25) is 0 Å². The van der Waals surface area contributed by atoms with E-state index in [0.29, 0.717) is 12.2 Å². The highest BCUT2D eigenvalue weighted by Gasteiger charge is 2.16. The molecule has 0 bridgehead atoms. The fourth-order valence-electron chi connectivity index (χ4n) is 3.19. The van der Waals surface area contributed by atoms with Gasteiger partial charge in [-0.05, 0) is 18.4 Å². The second-order valence-electron chi connectivity index (χ2n) is 6.47. The summed E-state index contributed by atoms with van der Waals surface area (Å²) in [6.45, 7) is 1.32. The van der Waals surface area contributed by atoms with Crippen molar-refractivity contribution in [2.45, 2.75) is 45.2 Å². The highest BCUT2D eigenvalue weighted by atomic mass is 32.1. The first kappa shape index (κ1) is 16.9. The smallest absolute Gasteiger partial charge is 0.271 e. The van der Waals surface area contributed by atoms with Crippen molar-refractivity contribution in [2.24, 2.45) is 0 Å². The van der Waals surface area contributed by atoms with Gasteiger partial charge in [-0.3, -0.25) is 4.79 Å². The summed E-state index contributed by atoms with van der Waals surface area (Å²) in [6, 6.07) is 10.2. The molecule has 6 nitrogen and oxygen atoms in total. The van der Waals surface area contributed by atoms with Crippen molar-refractivity contribution in [1.82, 2.24) is 25.1 Å². The highest BCUT2D eigenvalue weighted by molar-refractivity contribution is 7.09. The van der Waals surface area contributed by atoms with Crippen LogP contribution in [-0.2, 0) is 25.9 Å². The van der Waals surface area contributed by atoms with Crippen molar-refractivity contribution >= 4 is 17.2 Å². The molecule has 0 atom stereocenters. The molecule has 134 valence electrons. The fourth-order valence-corrected chi connectivity index (χ4v) is 4.00. The molecule has 1 amide bonds. The molecule has 1 aliphatic heterocycles. The Morgan fingerprint density at radius 1 is 1.15 bits per heavy atom. The van der Waals surface area contributed by atoms with Gasteiger partial charge in [0.05, 0.1) is 11.6 Å². The Morgan fingerprint density at radius 2 is 2.04 bits per heavy atom. The topological polar surface area (TPSA) is 72.7 Å². The monoisotopic (exact) mass is 367 g/mol. The van der Waals surface area contributed by atoms with Crippen molar-refractivity contribution in [1.29, 1.82) is 0 Å². The lowest BCUT2D eigenvalue weighted by Gasteiger charge is -2.07. The van der Waals surface area contributed by atoms with E-state index in [2.05, 4.69) is 37.2 Å². The minimum absolute atomic E-state index is 0.161. The van der Waals surface area contributed by atoms with Gasteiger partial charge in [0.1, 0.15) is 11.5 Å². The lowest BCUT2D eigenvalue weighted by molar-refractivity contribution is 0.0945. The molecule has 0 unspecified atom stereocenters. The molecule has 0 saturated carbocycles. The first-order valence-electron chi connectivity index (χ1n) is 8.97. The molecule has 26 heavy (non-hydrogen) atoms. The molecule has 0 spiro atoms. The Labute approximate surface area is 156 Å². The van der Waals surface area contributed by atoms with Gasteiger partial charge >= 0.3 is 0 Å². The Bertz CT molecular complexity index is 886. The summed E-state index contributed by atoms with van der Waals surface area (Å²) < 4.78 is 2.15. The van der Waals surface area contributed by atoms with Crippen LogP contribution in [0.4, 0.5) is 0 Å². The third kappa shape index (κ3) is 3.83. The van der Waals surface area contributed by atoms with E-state index in [0.717, 1.165) is 48.9 Å². The number of thiazole rings is 1. The Hall–Kier alpha value is -2.54. The number of fused-ring (bicyclic) bond motifs is 1. The number of carbonyl (C=O) groups is 1. The maximum absolute atomic E-state index is 12.4. The van der Waals surface area contributed by atoms with E-state index in [1.165, 1.54) is 23.3 Å². The standard InChI is InChI=1S/C19H21N5OS/c25-19(15-13-26-18(21-15)11-14-7-3-1-4-8-14)20-12-17-23-22-16-9-5-2-6-10-24(16)17/h1,3-4,7-8,13H,2,5-6,9-12H2,(H,20,25). The number of carbonyl (C=O) groups excluding carboxylic acids is 1. The van der Waals surface area contributed by atoms with E-state index in [-0.39, 0.29) is 5.91 Å². The van der Waals surface area contributed by atoms with E-state index < -0.39 is 0 Å². The van der Waals surface area contributed by atoms with Crippen LogP contribution >= 0.6 is 11.3 Å². The maximum atomic E-state index is 12.4. The van der Waals surface area contributed by atoms with Gasteiger partial charge in [0, 0.05) is 24.8 Å². The SMILES string of the molecule is O=C(NCc1nnc2n1CCCCC2)c1csc(Cc2ccccc2)n1. The van der Waals surface area contributed by atoms with Crippen molar-refractivity contribution in [2.75, 3.05) is 0 Å². The zero-order chi connectivity index (χ0) is 17.8. The number of nitrogens with zero attached hydrogens (tertiary/aromatic N) is 4. The molecule has 0 aliphatic carbocycles. The van der Waals surface area contributed by atoms with E-state index in [1.807, 2.05) is 23.6 Å². The molecule has 1 aliphatic rings. The molecule has 7 heteroatoms. The first-order valence-corrected chi connectivity index (χ1v) is 9.85. The number of hydrogen-bond donors (Lipinski definition) is 1. The van der Waals surface area contributed by atoms with Gasteiger partial charge in [-0.2, -0.15) is 0 Å².